The Bertz CT molecular complexity index is 943. The fourth-order valence-electron chi connectivity index (χ4n) is 3.48. The van der Waals surface area contributed by atoms with Gasteiger partial charge in [-0.1, -0.05) is 12.1 Å². The van der Waals surface area contributed by atoms with Gasteiger partial charge in [0.1, 0.15) is 5.82 Å². The van der Waals surface area contributed by atoms with Crippen LogP contribution in [0.3, 0.4) is 0 Å². The number of aromatic nitrogens is 3. The molecule has 2 amide bonds. The fourth-order valence-corrected chi connectivity index (χ4v) is 3.48. The Balaban J connectivity index is 1.31. The number of anilines is 1. The number of nitrogens with one attached hydrogen (secondary N) is 3. The van der Waals surface area contributed by atoms with Gasteiger partial charge in [-0.25, -0.2) is 9.18 Å². The van der Waals surface area contributed by atoms with Gasteiger partial charge in [0.15, 0.2) is 5.82 Å². The van der Waals surface area contributed by atoms with Crippen LogP contribution in [0, 0.1) is 5.82 Å². The van der Waals surface area contributed by atoms with Gasteiger partial charge in [-0.2, -0.15) is 5.10 Å². The predicted octanol–water partition coefficient (Wildman–Crippen LogP) is 3.08. The maximum Gasteiger partial charge on any atom is 0.315 e. The molecule has 1 saturated heterocycles. The first kappa shape index (κ1) is 18.9. The number of benzene rings is 1. The molecule has 1 fully saturated rings. The lowest BCUT2D eigenvalue weighted by atomic mass is 10.1. The summed E-state index contributed by atoms with van der Waals surface area (Å²) in [7, 11) is 0. The average Bonchev–Trinajstić information content (AvgIpc) is 3.25. The summed E-state index contributed by atoms with van der Waals surface area (Å²) in [6.07, 6.45) is 5.39. The zero-order chi connectivity index (χ0) is 20.1. The van der Waals surface area contributed by atoms with Crippen molar-refractivity contribution in [1.29, 1.82) is 0 Å². The van der Waals surface area contributed by atoms with E-state index in [2.05, 4.69) is 30.7 Å². The Morgan fingerprint density at radius 1 is 1.21 bits per heavy atom. The lowest BCUT2D eigenvalue weighted by Crippen LogP contribution is -2.50. The summed E-state index contributed by atoms with van der Waals surface area (Å²) in [6.45, 7) is 1.96. The molecule has 1 atom stereocenters. The van der Waals surface area contributed by atoms with Gasteiger partial charge < -0.3 is 15.5 Å². The fraction of sp³-hybridized carbons (Fsp3) is 0.286. The quantitative estimate of drug-likeness (QED) is 0.621. The topological polar surface area (TPSA) is 85.9 Å². The minimum absolute atomic E-state index is 0.0399. The average molecular weight is 394 g/mol. The number of carbonyl (C=O) groups excluding carboxylic acids is 1. The van der Waals surface area contributed by atoms with Crippen LogP contribution in [0.5, 0.6) is 0 Å². The summed E-state index contributed by atoms with van der Waals surface area (Å²) in [5.41, 5.74) is 2.83. The predicted molar refractivity (Wildman–Crippen MR) is 109 cm³/mol. The van der Waals surface area contributed by atoms with Gasteiger partial charge in [0, 0.05) is 49.7 Å². The monoisotopic (exact) mass is 394 g/mol. The highest BCUT2D eigenvalue weighted by atomic mass is 19.1. The van der Waals surface area contributed by atoms with Gasteiger partial charge in [0.2, 0.25) is 0 Å². The number of pyridine rings is 1. The van der Waals surface area contributed by atoms with Crippen molar-refractivity contribution < 1.29 is 9.18 Å². The van der Waals surface area contributed by atoms with E-state index in [0.29, 0.717) is 13.1 Å². The third-order valence-corrected chi connectivity index (χ3v) is 5.00. The second-order valence-corrected chi connectivity index (χ2v) is 7.11. The maximum absolute atomic E-state index is 13.0. The molecule has 0 spiro atoms. The molecule has 8 heteroatoms. The SMILES string of the molecule is O=C(NCc1ccc(F)cc1)NC1CCCN(c2cc(-c3ccncc3)[nH]n2)C1. The van der Waals surface area contributed by atoms with Crippen molar-refractivity contribution in [3.05, 3.63) is 66.2 Å². The van der Waals surface area contributed by atoms with Gasteiger partial charge in [0.25, 0.3) is 0 Å². The van der Waals surface area contributed by atoms with Gasteiger partial charge >= 0.3 is 6.03 Å². The van der Waals surface area contributed by atoms with Crippen LogP contribution in [0.4, 0.5) is 15.0 Å². The summed E-state index contributed by atoms with van der Waals surface area (Å²) in [5.74, 6) is 0.584. The summed E-state index contributed by atoms with van der Waals surface area (Å²) < 4.78 is 13.0. The van der Waals surface area contributed by atoms with Crippen LogP contribution in [0.15, 0.2) is 54.9 Å². The van der Waals surface area contributed by atoms with E-state index in [1.807, 2.05) is 18.2 Å². The van der Waals surface area contributed by atoms with Crippen molar-refractivity contribution in [2.75, 3.05) is 18.0 Å². The Labute approximate surface area is 168 Å². The normalized spacial score (nSPS) is 16.4. The summed E-state index contributed by atoms with van der Waals surface area (Å²) in [5, 5.41) is 13.4. The number of nitrogens with zero attached hydrogens (tertiary/aromatic N) is 3. The smallest absolute Gasteiger partial charge is 0.315 e. The van der Waals surface area contributed by atoms with E-state index < -0.39 is 0 Å². The summed E-state index contributed by atoms with van der Waals surface area (Å²) in [6, 6.07) is 11.8. The number of aromatic amines is 1. The van der Waals surface area contributed by atoms with Crippen molar-refractivity contribution >= 4 is 11.8 Å². The Hall–Kier alpha value is -3.42. The zero-order valence-corrected chi connectivity index (χ0v) is 15.9. The number of hydrogen-bond acceptors (Lipinski definition) is 4. The van der Waals surface area contributed by atoms with Crippen LogP contribution >= 0.6 is 0 Å². The molecule has 1 aliphatic heterocycles. The molecule has 150 valence electrons. The lowest BCUT2D eigenvalue weighted by Gasteiger charge is -2.33. The van der Waals surface area contributed by atoms with Crippen LogP contribution in [-0.4, -0.2) is 40.3 Å². The molecule has 2 aromatic heterocycles. The van der Waals surface area contributed by atoms with Crippen molar-refractivity contribution in [3.63, 3.8) is 0 Å². The molecule has 0 bridgehead atoms. The molecule has 1 unspecified atom stereocenters. The second-order valence-electron chi connectivity index (χ2n) is 7.11. The molecule has 7 nitrogen and oxygen atoms in total. The number of rotatable bonds is 5. The van der Waals surface area contributed by atoms with Crippen LogP contribution < -0.4 is 15.5 Å². The summed E-state index contributed by atoms with van der Waals surface area (Å²) >= 11 is 0. The van der Waals surface area contributed by atoms with E-state index in [1.54, 1.807) is 24.5 Å². The Morgan fingerprint density at radius 3 is 2.79 bits per heavy atom. The number of carbonyl (C=O) groups is 1. The Morgan fingerprint density at radius 2 is 2.00 bits per heavy atom. The number of H-pyrrole nitrogens is 1. The molecule has 3 N–H and O–H groups in total. The van der Waals surface area contributed by atoms with E-state index in [4.69, 9.17) is 0 Å². The van der Waals surface area contributed by atoms with Crippen LogP contribution in [0.1, 0.15) is 18.4 Å². The van der Waals surface area contributed by atoms with E-state index in [-0.39, 0.29) is 17.9 Å². The highest BCUT2D eigenvalue weighted by Gasteiger charge is 2.23. The molecule has 4 rings (SSSR count). The van der Waals surface area contributed by atoms with E-state index in [9.17, 15) is 9.18 Å². The van der Waals surface area contributed by atoms with Crippen LogP contribution in [-0.2, 0) is 6.54 Å². The van der Waals surface area contributed by atoms with E-state index in [0.717, 1.165) is 42.0 Å². The number of amides is 2. The maximum atomic E-state index is 13.0. The Kier molecular flexibility index (Phi) is 5.69. The van der Waals surface area contributed by atoms with Crippen molar-refractivity contribution in [2.45, 2.75) is 25.4 Å². The first-order valence-corrected chi connectivity index (χ1v) is 9.67. The lowest BCUT2D eigenvalue weighted by molar-refractivity contribution is 0.234. The van der Waals surface area contributed by atoms with Crippen molar-refractivity contribution in [1.82, 2.24) is 25.8 Å². The standard InChI is InChI=1S/C21H23FN6O/c22-17-5-3-15(4-6-17)13-24-21(29)25-18-2-1-11-28(14-18)20-12-19(26-27-20)16-7-9-23-10-8-16/h3-10,12,18H,1-2,11,13-14H2,(H,26,27)(H2,24,25,29). The second kappa shape index (κ2) is 8.72. The van der Waals surface area contributed by atoms with Crippen LogP contribution in [0.2, 0.25) is 0 Å². The molecule has 3 heterocycles. The largest absolute Gasteiger partial charge is 0.353 e. The van der Waals surface area contributed by atoms with Gasteiger partial charge in [-0.3, -0.25) is 10.1 Å². The first-order valence-electron chi connectivity index (χ1n) is 9.67. The number of hydrogen-bond donors (Lipinski definition) is 3. The minimum atomic E-state index is -0.286. The molecular formula is C21H23FN6O. The molecule has 29 heavy (non-hydrogen) atoms. The third-order valence-electron chi connectivity index (χ3n) is 5.00. The molecular weight excluding hydrogens is 371 g/mol. The third kappa shape index (κ3) is 4.90. The number of halogens is 1. The van der Waals surface area contributed by atoms with Crippen molar-refractivity contribution in [2.24, 2.45) is 0 Å². The minimum Gasteiger partial charge on any atom is -0.353 e. The molecule has 3 aromatic rings. The molecule has 1 aromatic carbocycles. The van der Waals surface area contributed by atoms with Crippen LogP contribution in [0.25, 0.3) is 11.3 Å². The van der Waals surface area contributed by atoms with Gasteiger partial charge in [0.05, 0.1) is 5.69 Å². The molecule has 0 aliphatic carbocycles. The first-order chi connectivity index (χ1) is 14.2. The highest BCUT2D eigenvalue weighted by Crippen LogP contribution is 2.23. The van der Waals surface area contributed by atoms with Crippen molar-refractivity contribution in [3.8, 4) is 11.3 Å². The van der Waals surface area contributed by atoms with E-state index >= 15 is 0 Å². The van der Waals surface area contributed by atoms with E-state index in [1.165, 1.54) is 12.1 Å². The zero-order valence-electron chi connectivity index (χ0n) is 15.9. The molecule has 1 aliphatic rings. The number of urea groups is 1. The van der Waals surface area contributed by atoms with Gasteiger partial charge in [-0.15, -0.1) is 0 Å². The van der Waals surface area contributed by atoms with Gasteiger partial charge in [-0.05, 0) is 42.7 Å². The molecule has 0 saturated carbocycles. The summed E-state index contributed by atoms with van der Waals surface area (Å²) in [4.78, 5) is 18.5. The highest BCUT2D eigenvalue weighted by molar-refractivity contribution is 5.74. The molecule has 0 radical (unpaired) electrons. The number of piperidine rings is 1.